The van der Waals surface area contributed by atoms with Gasteiger partial charge in [-0.1, -0.05) is 6.08 Å². The van der Waals surface area contributed by atoms with E-state index in [2.05, 4.69) is 20.7 Å². The van der Waals surface area contributed by atoms with Gasteiger partial charge in [-0.2, -0.15) is 18.2 Å². The Balaban J connectivity index is 1.12. The molecule has 0 saturated carbocycles. The highest BCUT2D eigenvalue weighted by atomic mass is 19.4. The van der Waals surface area contributed by atoms with Gasteiger partial charge in [0, 0.05) is 68.2 Å². The van der Waals surface area contributed by atoms with Crippen LogP contribution in [-0.4, -0.2) is 81.2 Å². The van der Waals surface area contributed by atoms with Crippen molar-refractivity contribution in [2.24, 2.45) is 5.92 Å². The molecule has 2 unspecified atom stereocenters. The lowest BCUT2D eigenvalue weighted by atomic mass is 10.00. The molecule has 210 valence electrons. The molecule has 0 radical (unpaired) electrons. The van der Waals surface area contributed by atoms with E-state index in [0.29, 0.717) is 36.0 Å². The number of likely N-dealkylation sites (tertiary alicyclic amines) is 1. The van der Waals surface area contributed by atoms with E-state index in [1.807, 2.05) is 47.4 Å². The normalized spacial score (nSPS) is 21.0. The average Bonchev–Trinajstić information content (AvgIpc) is 3.67. The largest absolute Gasteiger partial charge is 0.389 e. The van der Waals surface area contributed by atoms with Crippen LogP contribution >= 0.6 is 0 Å². The summed E-state index contributed by atoms with van der Waals surface area (Å²) in [5, 5.41) is 11.1. The number of nitrogens with zero attached hydrogens (tertiary/aromatic N) is 5. The Hall–Kier alpha value is -3.93. The summed E-state index contributed by atoms with van der Waals surface area (Å²) in [7, 11) is 0. The number of fused-ring (bicyclic) bond motifs is 2. The molecular weight excluding hydrogens is 523 g/mol. The summed E-state index contributed by atoms with van der Waals surface area (Å²) in [5.74, 6) is 0.503. The second-order valence-corrected chi connectivity index (χ2v) is 10.5. The van der Waals surface area contributed by atoms with Crippen LogP contribution in [0.2, 0.25) is 0 Å². The van der Waals surface area contributed by atoms with Crippen molar-refractivity contribution in [2.75, 3.05) is 38.0 Å². The van der Waals surface area contributed by atoms with Crippen molar-refractivity contribution in [3.05, 3.63) is 59.8 Å². The third-order valence-corrected chi connectivity index (χ3v) is 7.99. The first-order valence-electron chi connectivity index (χ1n) is 13.5. The van der Waals surface area contributed by atoms with E-state index < -0.39 is 24.9 Å². The van der Waals surface area contributed by atoms with Crippen LogP contribution in [0.5, 0.6) is 0 Å². The summed E-state index contributed by atoms with van der Waals surface area (Å²) in [6, 6.07) is 11.4. The predicted octanol–water partition coefficient (Wildman–Crippen LogP) is 3.87. The number of benzene rings is 1. The molecule has 2 atom stereocenters. The van der Waals surface area contributed by atoms with Crippen LogP contribution in [0.3, 0.4) is 0 Å². The van der Waals surface area contributed by atoms with Gasteiger partial charge in [0.05, 0.1) is 6.42 Å². The Labute approximate surface area is 229 Å². The van der Waals surface area contributed by atoms with E-state index in [1.54, 1.807) is 10.7 Å². The second kappa shape index (κ2) is 10.6. The summed E-state index contributed by atoms with van der Waals surface area (Å²) < 4.78 is 39.1. The molecule has 3 aliphatic heterocycles. The fourth-order valence-corrected chi connectivity index (χ4v) is 5.85. The van der Waals surface area contributed by atoms with Crippen LogP contribution in [0.1, 0.15) is 41.6 Å². The molecule has 9 nitrogen and oxygen atoms in total. The molecule has 0 spiro atoms. The van der Waals surface area contributed by atoms with Gasteiger partial charge in [0.25, 0.3) is 5.91 Å². The standard InChI is InChI=1S/C28H30F3N7O2/c29-28(30,31)11-7-24(39)36-13-8-18(9-14-36)22-2-1-12-38-25(22)34-27(35-38)33-21-5-3-19(4-6-21)26(40)37-15-10-20-16-32-17-23(20)37/h1-6,8,12,20,23,32H,7,9-11,13-17H2,(H,33,35). The smallest absolute Gasteiger partial charge is 0.339 e. The summed E-state index contributed by atoms with van der Waals surface area (Å²) >= 11 is 0. The quantitative estimate of drug-likeness (QED) is 0.482. The fourth-order valence-electron chi connectivity index (χ4n) is 5.85. The summed E-state index contributed by atoms with van der Waals surface area (Å²) in [4.78, 5) is 33.4. The van der Waals surface area contributed by atoms with Crippen molar-refractivity contribution < 1.29 is 22.8 Å². The minimum atomic E-state index is -4.34. The van der Waals surface area contributed by atoms with Crippen molar-refractivity contribution in [3.63, 3.8) is 0 Å². The van der Waals surface area contributed by atoms with Crippen LogP contribution in [0.15, 0.2) is 48.7 Å². The molecule has 0 aliphatic carbocycles. The van der Waals surface area contributed by atoms with Crippen LogP contribution < -0.4 is 10.6 Å². The SMILES string of the molecule is O=C(CCC(F)(F)F)N1CC=C(c2cccn3nc(Nc4ccc(C(=O)N5CCC6CNCC65)cc4)nc23)CC1. The number of amides is 2. The number of alkyl halides is 3. The first-order chi connectivity index (χ1) is 19.2. The lowest BCUT2D eigenvalue weighted by Crippen LogP contribution is -2.39. The van der Waals surface area contributed by atoms with Gasteiger partial charge in [-0.15, -0.1) is 5.10 Å². The van der Waals surface area contributed by atoms with E-state index >= 15 is 0 Å². The third-order valence-electron chi connectivity index (χ3n) is 7.99. The number of halogens is 3. The number of nitrogens with one attached hydrogen (secondary N) is 2. The van der Waals surface area contributed by atoms with E-state index in [1.165, 1.54) is 4.90 Å². The number of pyridine rings is 1. The number of carbonyl (C=O) groups excluding carboxylic acids is 2. The number of aromatic nitrogens is 3. The molecule has 3 aliphatic rings. The maximum atomic E-state index is 13.1. The molecule has 2 fully saturated rings. The van der Waals surface area contributed by atoms with Crippen LogP contribution in [0, 0.1) is 5.92 Å². The molecule has 2 amide bonds. The highest BCUT2D eigenvalue weighted by Gasteiger charge is 2.40. The van der Waals surface area contributed by atoms with Crippen molar-refractivity contribution in [2.45, 2.75) is 37.9 Å². The Morgan fingerprint density at radius 1 is 1.10 bits per heavy atom. The zero-order chi connectivity index (χ0) is 27.9. The predicted molar refractivity (Wildman–Crippen MR) is 143 cm³/mol. The minimum Gasteiger partial charge on any atom is -0.339 e. The summed E-state index contributed by atoms with van der Waals surface area (Å²) in [6.07, 6.45) is -0.776. The maximum absolute atomic E-state index is 13.1. The van der Waals surface area contributed by atoms with Gasteiger partial charge in [-0.3, -0.25) is 9.59 Å². The zero-order valence-electron chi connectivity index (χ0n) is 21.8. The van der Waals surface area contributed by atoms with Crippen molar-refractivity contribution in [1.29, 1.82) is 0 Å². The molecule has 12 heteroatoms. The molecule has 5 heterocycles. The fraction of sp³-hybridized carbons (Fsp3) is 0.429. The number of hydrogen-bond donors (Lipinski definition) is 2. The van der Waals surface area contributed by atoms with Gasteiger partial charge >= 0.3 is 6.18 Å². The van der Waals surface area contributed by atoms with Gasteiger partial charge in [-0.05, 0) is 60.7 Å². The summed E-state index contributed by atoms with van der Waals surface area (Å²) in [5.41, 5.74) is 3.86. The van der Waals surface area contributed by atoms with E-state index in [9.17, 15) is 22.8 Å². The molecule has 6 rings (SSSR count). The highest BCUT2D eigenvalue weighted by Crippen LogP contribution is 2.30. The average molecular weight is 554 g/mol. The second-order valence-electron chi connectivity index (χ2n) is 10.5. The molecule has 1 aromatic carbocycles. The van der Waals surface area contributed by atoms with E-state index in [4.69, 9.17) is 0 Å². The Morgan fingerprint density at radius 2 is 1.93 bits per heavy atom. The molecule has 40 heavy (non-hydrogen) atoms. The third kappa shape index (κ3) is 5.40. The van der Waals surface area contributed by atoms with Gasteiger partial charge in [-0.25, -0.2) is 4.52 Å². The van der Waals surface area contributed by atoms with E-state index in [0.717, 1.165) is 42.9 Å². The van der Waals surface area contributed by atoms with Crippen LogP contribution in [0.25, 0.3) is 11.2 Å². The molecule has 3 aromatic rings. The van der Waals surface area contributed by atoms with Gasteiger partial charge in [0.15, 0.2) is 5.65 Å². The molecule has 2 saturated heterocycles. The number of hydrogen-bond acceptors (Lipinski definition) is 6. The van der Waals surface area contributed by atoms with Crippen LogP contribution in [-0.2, 0) is 4.79 Å². The first kappa shape index (κ1) is 26.3. The zero-order valence-corrected chi connectivity index (χ0v) is 21.8. The lowest BCUT2D eigenvalue weighted by Gasteiger charge is -2.27. The minimum absolute atomic E-state index is 0.0552. The van der Waals surface area contributed by atoms with E-state index in [-0.39, 0.29) is 18.5 Å². The van der Waals surface area contributed by atoms with Crippen molar-refractivity contribution in [3.8, 4) is 0 Å². The van der Waals surface area contributed by atoms with Crippen LogP contribution in [0.4, 0.5) is 24.8 Å². The Bertz CT molecular complexity index is 1450. The van der Waals surface area contributed by atoms with Gasteiger partial charge < -0.3 is 20.4 Å². The topological polar surface area (TPSA) is 94.9 Å². The maximum Gasteiger partial charge on any atom is 0.389 e. The van der Waals surface area contributed by atoms with Crippen molar-refractivity contribution in [1.82, 2.24) is 29.7 Å². The van der Waals surface area contributed by atoms with Gasteiger partial charge in [0.1, 0.15) is 0 Å². The molecule has 0 bridgehead atoms. The summed E-state index contributed by atoms with van der Waals surface area (Å²) in [6.45, 7) is 3.24. The number of anilines is 2. The lowest BCUT2D eigenvalue weighted by molar-refractivity contribution is -0.148. The number of carbonyl (C=O) groups is 2. The first-order valence-corrected chi connectivity index (χ1v) is 13.5. The monoisotopic (exact) mass is 553 g/mol. The highest BCUT2D eigenvalue weighted by molar-refractivity contribution is 5.95. The Morgan fingerprint density at radius 3 is 2.67 bits per heavy atom. The van der Waals surface area contributed by atoms with Gasteiger partial charge in [0.2, 0.25) is 11.9 Å². The molecule has 2 aromatic heterocycles. The molecule has 2 N–H and O–H groups in total. The number of rotatable bonds is 6. The Kier molecular flexibility index (Phi) is 6.95. The molecular formula is C28H30F3N7O2. The van der Waals surface area contributed by atoms with Crippen molar-refractivity contribution >= 4 is 34.7 Å².